The van der Waals surface area contributed by atoms with Gasteiger partial charge in [-0.25, -0.2) is 4.99 Å². The molecule has 0 atom stereocenters. The molecule has 50 valence electrons. The molecule has 2 rings (SSSR count). The molecule has 0 aromatic rings. The number of nitrogens with zero attached hydrogens (tertiary/aromatic N) is 5. The van der Waals surface area contributed by atoms with E-state index in [0.29, 0.717) is 18.3 Å². The molecule has 10 heavy (non-hydrogen) atoms. The highest BCUT2D eigenvalue weighted by Gasteiger charge is 2.09. The van der Waals surface area contributed by atoms with Gasteiger partial charge in [-0.2, -0.15) is 5.11 Å². The standard InChI is InChI=1S/C4H4N6/c1-5-3(9-7-1)4-6-2-8-10-4/h1,6H,2H2. The third-order valence-corrected chi connectivity index (χ3v) is 1.08. The molecule has 2 aliphatic rings. The van der Waals surface area contributed by atoms with Gasteiger partial charge < -0.3 is 5.32 Å². The minimum atomic E-state index is 0.501. The van der Waals surface area contributed by atoms with Crippen molar-refractivity contribution in [1.82, 2.24) is 5.32 Å². The molecule has 2 heterocycles. The van der Waals surface area contributed by atoms with E-state index in [1.165, 1.54) is 6.34 Å². The molecule has 1 N–H and O–H groups in total. The fourth-order valence-electron chi connectivity index (χ4n) is 0.671. The largest absolute Gasteiger partial charge is 0.345 e. The van der Waals surface area contributed by atoms with Crippen LogP contribution in [0.2, 0.25) is 0 Å². The molecule has 0 aromatic carbocycles. The highest BCUT2D eigenvalue weighted by Crippen LogP contribution is 2.13. The van der Waals surface area contributed by atoms with Gasteiger partial charge in [-0.05, 0) is 0 Å². The summed E-state index contributed by atoms with van der Waals surface area (Å²) >= 11 is 0. The van der Waals surface area contributed by atoms with Crippen LogP contribution in [0.5, 0.6) is 0 Å². The molecule has 6 nitrogen and oxygen atoms in total. The summed E-state index contributed by atoms with van der Waals surface area (Å²) in [5, 5.41) is 17.5. The quantitative estimate of drug-likeness (QED) is 0.520. The molecule has 0 amide bonds. The Morgan fingerprint density at radius 3 is 3.00 bits per heavy atom. The summed E-state index contributed by atoms with van der Waals surface area (Å²) in [4.78, 5) is 3.82. The van der Waals surface area contributed by atoms with Crippen LogP contribution in [0.3, 0.4) is 0 Å². The van der Waals surface area contributed by atoms with Gasteiger partial charge in [-0.3, -0.25) is 0 Å². The molecule has 0 saturated heterocycles. The highest BCUT2D eigenvalue weighted by atomic mass is 15.4. The minimum absolute atomic E-state index is 0.501. The molecule has 0 bridgehead atoms. The summed E-state index contributed by atoms with van der Waals surface area (Å²) in [5.74, 6) is 1.10. The van der Waals surface area contributed by atoms with E-state index in [4.69, 9.17) is 0 Å². The zero-order valence-electron chi connectivity index (χ0n) is 5.02. The molecular formula is C4H4N6. The van der Waals surface area contributed by atoms with Gasteiger partial charge in [0.15, 0.2) is 5.82 Å². The molecule has 0 fully saturated rings. The number of hydrogen-bond acceptors (Lipinski definition) is 6. The van der Waals surface area contributed by atoms with Crippen molar-refractivity contribution in [1.29, 1.82) is 0 Å². The van der Waals surface area contributed by atoms with Crippen LogP contribution in [0, 0.1) is 0 Å². The van der Waals surface area contributed by atoms with Crippen LogP contribution >= 0.6 is 0 Å². The second kappa shape index (κ2) is 1.98. The van der Waals surface area contributed by atoms with Crippen molar-refractivity contribution in [2.75, 3.05) is 6.67 Å². The third kappa shape index (κ3) is 0.697. The average Bonchev–Trinajstić information content (AvgIpc) is 2.59. The van der Waals surface area contributed by atoms with Gasteiger partial charge in [-0.1, -0.05) is 0 Å². The first-order chi connectivity index (χ1) is 4.97. The summed E-state index contributed by atoms with van der Waals surface area (Å²) in [6.45, 7) is 0.504. The van der Waals surface area contributed by atoms with E-state index in [1.807, 2.05) is 0 Å². The van der Waals surface area contributed by atoms with E-state index >= 15 is 0 Å². The maximum atomic E-state index is 3.82. The molecule has 2 aliphatic heterocycles. The van der Waals surface area contributed by atoms with Crippen molar-refractivity contribution in [3.8, 4) is 0 Å². The Labute approximate surface area is 56.5 Å². The Morgan fingerprint density at radius 1 is 1.40 bits per heavy atom. The average molecular weight is 136 g/mol. The van der Waals surface area contributed by atoms with E-state index in [9.17, 15) is 0 Å². The summed E-state index contributed by atoms with van der Waals surface area (Å²) in [5.41, 5.74) is 0. The van der Waals surface area contributed by atoms with Crippen LogP contribution in [-0.2, 0) is 0 Å². The monoisotopic (exact) mass is 136 g/mol. The van der Waals surface area contributed by atoms with Gasteiger partial charge in [0.25, 0.3) is 0 Å². The number of aliphatic imine (C=N–C) groups is 1. The second-order valence-electron chi connectivity index (χ2n) is 1.71. The summed E-state index contributed by atoms with van der Waals surface area (Å²) in [6, 6.07) is 0. The number of rotatable bonds is 0. The van der Waals surface area contributed by atoms with E-state index in [-0.39, 0.29) is 0 Å². The van der Waals surface area contributed by atoms with Crippen LogP contribution in [0.4, 0.5) is 0 Å². The van der Waals surface area contributed by atoms with Gasteiger partial charge in [-0.15, -0.1) is 15.3 Å². The molecule has 0 spiro atoms. The SMILES string of the molecule is C1=NC(=C2N=NCN2)N=N1. The maximum Gasteiger partial charge on any atom is 0.220 e. The normalized spacial score (nSPS) is 28.0. The van der Waals surface area contributed by atoms with Gasteiger partial charge in [0, 0.05) is 0 Å². The Kier molecular flexibility index (Phi) is 1.03. The Bertz CT molecular complexity index is 245. The van der Waals surface area contributed by atoms with Crippen LogP contribution in [0.15, 0.2) is 37.1 Å². The Hall–Kier alpha value is -1.59. The fraction of sp³-hybridized carbons (Fsp3) is 0.250. The highest BCUT2D eigenvalue weighted by molar-refractivity contribution is 5.59. The van der Waals surface area contributed by atoms with Crippen molar-refractivity contribution in [2.24, 2.45) is 25.4 Å². The Balaban J connectivity index is 2.36. The summed E-state index contributed by atoms with van der Waals surface area (Å²) < 4.78 is 0. The number of hydrogen-bond donors (Lipinski definition) is 1. The predicted molar refractivity (Wildman–Crippen MR) is 33.2 cm³/mol. The lowest BCUT2D eigenvalue weighted by molar-refractivity contribution is 0.887. The first-order valence-corrected chi connectivity index (χ1v) is 2.76. The number of nitrogens with one attached hydrogen (secondary N) is 1. The predicted octanol–water partition coefficient (Wildman–Crippen LogP) is 0.620. The van der Waals surface area contributed by atoms with Crippen molar-refractivity contribution in [3.63, 3.8) is 0 Å². The van der Waals surface area contributed by atoms with Gasteiger partial charge in [0.1, 0.15) is 13.0 Å². The van der Waals surface area contributed by atoms with Crippen LogP contribution in [-0.4, -0.2) is 13.0 Å². The zero-order valence-corrected chi connectivity index (χ0v) is 5.02. The van der Waals surface area contributed by atoms with Crippen LogP contribution in [0.25, 0.3) is 0 Å². The van der Waals surface area contributed by atoms with Gasteiger partial charge in [0.05, 0.1) is 0 Å². The van der Waals surface area contributed by atoms with E-state index in [2.05, 4.69) is 30.8 Å². The van der Waals surface area contributed by atoms with Crippen molar-refractivity contribution >= 4 is 6.34 Å². The van der Waals surface area contributed by atoms with E-state index < -0.39 is 0 Å². The van der Waals surface area contributed by atoms with Crippen LogP contribution in [0.1, 0.15) is 0 Å². The minimum Gasteiger partial charge on any atom is -0.345 e. The smallest absolute Gasteiger partial charge is 0.220 e. The lowest BCUT2D eigenvalue weighted by Gasteiger charge is -1.90. The third-order valence-electron chi connectivity index (χ3n) is 1.08. The fourth-order valence-corrected chi connectivity index (χ4v) is 0.671. The van der Waals surface area contributed by atoms with Crippen molar-refractivity contribution in [2.45, 2.75) is 0 Å². The van der Waals surface area contributed by atoms with Crippen molar-refractivity contribution in [3.05, 3.63) is 11.6 Å². The lowest BCUT2D eigenvalue weighted by atomic mass is 10.6. The summed E-state index contributed by atoms with van der Waals surface area (Å²) in [7, 11) is 0. The van der Waals surface area contributed by atoms with E-state index in [0.717, 1.165) is 0 Å². The van der Waals surface area contributed by atoms with Gasteiger partial charge in [0.2, 0.25) is 5.82 Å². The topological polar surface area (TPSA) is 73.8 Å². The van der Waals surface area contributed by atoms with Crippen LogP contribution < -0.4 is 5.32 Å². The Morgan fingerprint density at radius 2 is 2.40 bits per heavy atom. The molecule has 0 aliphatic carbocycles. The number of azo groups is 2. The molecule has 0 radical (unpaired) electrons. The first kappa shape index (κ1) is 5.21. The second-order valence-corrected chi connectivity index (χ2v) is 1.71. The van der Waals surface area contributed by atoms with Crippen molar-refractivity contribution < 1.29 is 0 Å². The first-order valence-electron chi connectivity index (χ1n) is 2.76. The summed E-state index contributed by atoms with van der Waals surface area (Å²) in [6.07, 6.45) is 1.37. The molecule has 0 unspecified atom stereocenters. The maximum absolute atomic E-state index is 3.82. The molecule has 6 heteroatoms. The zero-order chi connectivity index (χ0) is 6.81. The molecular weight excluding hydrogens is 132 g/mol. The molecule has 0 aromatic heterocycles. The van der Waals surface area contributed by atoms with E-state index in [1.54, 1.807) is 0 Å². The van der Waals surface area contributed by atoms with Gasteiger partial charge >= 0.3 is 0 Å². The lowest BCUT2D eigenvalue weighted by Crippen LogP contribution is -2.05. The molecule has 0 saturated carbocycles.